The second-order valence-electron chi connectivity index (χ2n) is 4.38. The lowest BCUT2D eigenvalue weighted by Gasteiger charge is -2.22. The smallest absolute Gasteiger partial charge is 0.326 e. The fourth-order valence-corrected chi connectivity index (χ4v) is 1.43. The molecule has 0 rings (SSSR count). The summed E-state index contributed by atoms with van der Waals surface area (Å²) >= 11 is 0. The zero-order chi connectivity index (χ0) is 14.1. The monoisotopic (exact) mass is 260 g/mol. The molecule has 6 heteroatoms. The summed E-state index contributed by atoms with van der Waals surface area (Å²) < 4.78 is 5.16. The Morgan fingerprint density at radius 2 is 1.83 bits per heavy atom. The summed E-state index contributed by atoms with van der Waals surface area (Å²) in [6.07, 6.45) is 0.686. The van der Waals surface area contributed by atoms with Crippen LogP contribution in [0.3, 0.4) is 0 Å². The van der Waals surface area contributed by atoms with E-state index in [0.29, 0.717) is 19.6 Å². The quantitative estimate of drug-likeness (QED) is 0.612. The molecule has 0 aromatic heterocycles. The first-order chi connectivity index (χ1) is 8.42. The van der Waals surface area contributed by atoms with Crippen LogP contribution < -0.4 is 10.6 Å². The summed E-state index contributed by atoms with van der Waals surface area (Å²) in [6, 6.07) is -1.50. The first-order valence-electron chi connectivity index (χ1n) is 6.29. The van der Waals surface area contributed by atoms with E-state index < -0.39 is 18.0 Å². The van der Waals surface area contributed by atoms with Crippen molar-refractivity contribution in [2.75, 3.05) is 13.2 Å². The van der Waals surface area contributed by atoms with Crippen molar-refractivity contribution in [2.45, 2.75) is 46.2 Å². The van der Waals surface area contributed by atoms with E-state index in [-0.39, 0.29) is 12.0 Å². The number of rotatable bonds is 8. The Balaban J connectivity index is 4.21. The molecule has 0 aliphatic rings. The third-order valence-corrected chi connectivity index (χ3v) is 2.72. The highest BCUT2D eigenvalue weighted by Gasteiger charge is 2.25. The molecule has 0 bridgehead atoms. The minimum absolute atomic E-state index is 0.115. The molecular formula is C12H24N2O4. The van der Waals surface area contributed by atoms with Gasteiger partial charge >= 0.3 is 12.0 Å². The first kappa shape index (κ1) is 16.7. The van der Waals surface area contributed by atoms with E-state index in [2.05, 4.69) is 10.6 Å². The number of urea groups is 1. The third kappa shape index (κ3) is 6.44. The summed E-state index contributed by atoms with van der Waals surface area (Å²) in [5.74, 6) is -1.13. The fraction of sp³-hybridized carbons (Fsp3) is 0.833. The molecule has 0 aliphatic carbocycles. The van der Waals surface area contributed by atoms with Crippen LogP contribution in [-0.4, -0.2) is 42.4 Å². The molecule has 0 radical (unpaired) electrons. The maximum atomic E-state index is 11.6. The molecule has 2 amide bonds. The predicted octanol–water partition coefficient (Wildman–Crippen LogP) is 1.21. The highest BCUT2D eigenvalue weighted by Crippen LogP contribution is 2.07. The van der Waals surface area contributed by atoms with E-state index in [1.54, 1.807) is 13.8 Å². The van der Waals surface area contributed by atoms with Crippen LogP contribution in [0.25, 0.3) is 0 Å². The van der Waals surface area contributed by atoms with Crippen LogP contribution in [0.15, 0.2) is 0 Å². The lowest BCUT2D eigenvalue weighted by atomic mass is 9.99. The molecule has 0 aliphatic heterocycles. The van der Waals surface area contributed by atoms with E-state index in [1.807, 2.05) is 13.8 Å². The molecule has 1 unspecified atom stereocenters. The summed E-state index contributed by atoms with van der Waals surface area (Å²) in [7, 11) is 0. The SMILES string of the molecule is CCOCC(C)NC(=O)N[C@H](C(=O)O)[C@@H](C)CC. The van der Waals surface area contributed by atoms with Gasteiger partial charge in [0.2, 0.25) is 0 Å². The predicted molar refractivity (Wildman–Crippen MR) is 68.5 cm³/mol. The van der Waals surface area contributed by atoms with E-state index in [1.165, 1.54) is 0 Å². The Morgan fingerprint density at radius 1 is 1.22 bits per heavy atom. The molecular weight excluding hydrogens is 236 g/mol. The largest absolute Gasteiger partial charge is 0.480 e. The van der Waals surface area contributed by atoms with Gasteiger partial charge in [-0.2, -0.15) is 0 Å². The lowest BCUT2D eigenvalue weighted by molar-refractivity contribution is -0.140. The number of carboxylic acids is 1. The van der Waals surface area contributed by atoms with Crippen molar-refractivity contribution in [3.8, 4) is 0 Å². The summed E-state index contributed by atoms with van der Waals surface area (Å²) in [6.45, 7) is 8.34. The molecule has 0 spiro atoms. The number of nitrogens with one attached hydrogen (secondary N) is 2. The van der Waals surface area contributed by atoms with Crippen molar-refractivity contribution >= 4 is 12.0 Å². The van der Waals surface area contributed by atoms with Crippen LogP contribution in [0.4, 0.5) is 4.79 Å². The van der Waals surface area contributed by atoms with Crippen LogP contribution in [0.2, 0.25) is 0 Å². The Labute approximate surface area is 108 Å². The van der Waals surface area contributed by atoms with Crippen molar-refractivity contribution in [1.82, 2.24) is 10.6 Å². The van der Waals surface area contributed by atoms with Gasteiger partial charge in [0, 0.05) is 6.61 Å². The van der Waals surface area contributed by atoms with E-state index in [9.17, 15) is 9.59 Å². The number of carboxylic acid groups (broad SMARTS) is 1. The molecule has 0 aromatic carbocycles. The van der Waals surface area contributed by atoms with Crippen molar-refractivity contribution in [2.24, 2.45) is 5.92 Å². The Kier molecular flexibility index (Phi) is 8.11. The Morgan fingerprint density at radius 3 is 2.28 bits per heavy atom. The van der Waals surface area contributed by atoms with Crippen LogP contribution in [0, 0.1) is 5.92 Å². The second-order valence-corrected chi connectivity index (χ2v) is 4.38. The molecule has 6 nitrogen and oxygen atoms in total. The second kappa shape index (κ2) is 8.74. The Bertz CT molecular complexity index is 271. The zero-order valence-electron chi connectivity index (χ0n) is 11.5. The average molecular weight is 260 g/mol. The van der Waals surface area contributed by atoms with Crippen LogP contribution in [-0.2, 0) is 9.53 Å². The van der Waals surface area contributed by atoms with Gasteiger partial charge in [-0.05, 0) is 19.8 Å². The van der Waals surface area contributed by atoms with E-state index >= 15 is 0 Å². The molecule has 0 saturated carbocycles. The van der Waals surface area contributed by atoms with Crippen molar-refractivity contribution in [3.63, 3.8) is 0 Å². The first-order valence-corrected chi connectivity index (χ1v) is 6.29. The molecule has 0 fully saturated rings. The fourth-order valence-electron chi connectivity index (χ4n) is 1.43. The van der Waals surface area contributed by atoms with E-state index in [4.69, 9.17) is 9.84 Å². The topological polar surface area (TPSA) is 87.7 Å². The minimum Gasteiger partial charge on any atom is -0.480 e. The van der Waals surface area contributed by atoms with Gasteiger partial charge in [-0.1, -0.05) is 20.3 Å². The van der Waals surface area contributed by atoms with E-state index in [0.717, 1.165) is 0 Å². The standard InChI is InChI=1S/C12H24N2O4/c1-5-8(3)10(11(15)16)14-12(17)13-9(4)7-18-6-2/h8-10H,5-7H2,1-4H3,(H,15,16)(H2,13,14,17)/t8-,9?,10-/m0/s1. The highest BCUT2D eigenvalue weighted by molar-refractivity contribution is 5.82. The van der Waals surface area contributed by atoms with Crippen LogP contribution in [0.1, 0.15) is 34.1 Å². The highest BCUT2D eigenvalue weighted by atomic mass is 16.5. The summed E-state index contributed by atoms with van der Waals surface area (Å²) in [5.41, 5.74) is 0. The van der Waals surface area contributed by atoms with Gasteiger partial charge in [0.15, 0.2) is 0 Å². The van der Waals surface area contributed by atoms with Gasteiger partial charge in [0.1, 0.15) is 6.04 Å². The number of ether oxygens (including phenoxy) is 1. The maximum absolute atomic E-state index is 11.6. The molecule has 18 heavy (non-hydrogen) atoms. The zero-order valence-corrected chi connectivity index (χ0v) is 11.5. The van der Waals surface area contributed by atoms with Gasteiger partial charge in [0.05, 0.1) is 12.6 Å². The number of carbonyl (C=O) groups excluding carboxylic acids is 1. The average Bonchev–Trinajstić information content (AvgIpc) is 2.32. The van der Waals surface area contributed by atoms with Gasteiger partial charge in [0.25, 0.3) is 0 Å². The normalized spacial score (nSPS) is 15.6. The molecule has 0 heterocycles. The van der Waals surface area contributed by atoms with Gasteiger partial charge in [-0.15, -0.1) is 0 Å². The minimum atomic E-state index is -1.02. The van der Waals surface area contributed by atoms with Crippen molar-refractivity contribution < 1.29 is 19.4 Å². The number of hydrogen-bond donors (Lipinski definition) is 3. The number of aliphatic carboxylic acids is 1. The molecule has 0 aromatic rings. The molecule has 3 atom stereocenters. The molecule has 0 saturated heterocycles. The summed E-state index contributed by atoms with van der Waals surface area (Å²) in [5, 5.41) is 14.1. The molecule has 106 valence electrons. The third-order valence-electron chi connectivity index (χ3n) is 2.72. The number of hydrogen-bond acceptors (Lipinski definition) is 3. The van der Waals surface area contributed by atoms with Crippen molar-refractivity contribution in [3.05, 3.63) is 0 Å². The van der Waals surface area contributed by atoms with Crippen molar-refractivity contribution in [1.29, 1.82) is 0 Å². The van der Waals surface area contributed by atoms with Gasteiger partial charge in [-0.3, -0.25) is 0 Å². The lowest BCUT2D eigenvalue weighted by Crippen LogP contribution is -2.51. The van der Waals surface area contributed by atoms with Crippen LogP contribution in [0.5, 0.6) is 0 Å². The summed E-state index contributed by atoms with van der Waals surface area (Å²) in [4.78, 5) is 22.6. The van der Waals surface area contributed by atoms with Gasteiger partial charge < -0.3 is 20.5 Å². The van der Waals surface area contributed by atoms with Crippen LogP contribution >= 0.6 is 0 Å². The maximum Gasteiger partial charge on any atom is 0.326 e. The Hall–Kier alpha value is -1.30. The number of amides is 2. The number of carbonyl (C=O) groups is 2. The molecule has 3 N–H and O–H groups in total. The van der Waals surface area contributed by atoms with Gasteiger partial charge in [-0.25, -0.2) is 9.59 Å².